The molecular weight excluding hydrogens is 338 g/mol. The summed E-state index contributed by atoms with van der Waals surface area (Å²) >= 11 is 0. The number of benzene rings is 2. The van der Waals surface area contributed by atoms with Crippen LogP contribution < -0.4 is 5.32 Å². The number of anilines is 1. The maximum absolute atomic E-state index is 12.5. The van der Waals surface area contributed by atoms with Crippen LogP contribution in [0.4, 0.5) is 5.69 Å². The minimum atomic E-state index is -0.483. The van der Waals surface area contributed by atoms with Gasteiger partial charge in [-0.3, -0.25) is 4.79 Å². The monoisotopic (exact) mass is 359 g/mol. The number of phenolic OH excluding ortho intramolecular Hbond substituents is 1. The number of nitriles is 1. The molecule has 0 aliphatic heterocycles. The zero-order valence-corrected chi connectivity index (χ0v) is 15.3. The molecule has 27 heavy (non-hydrogen) atoms. The number of fused-ring (bicyclic) bond motifs is 1. The molecule has 5 nitrogen and oxygen atoms in total. The number of hydrogen-bond donors (Lipinski definition) is 2. The maximum atomic E-state index is 12.5. The molecule has 0 aliphatic rings. The second-order valence-electron chi connectivity index (χ2n) is 6.44. The van der Waals surface area contributed by atoms with Crippen LogP contribution in [0.2, 0.25) is 0 Å². The minimum absolute atomic E-state index is 0.0233. The van der Waals surface area contributed by atoms with Gasteiger partial charge in [-0.05, 0) is 49.8 Å². The molecule has 3 aromatic rings. The summed E-state index contributed by atoms with van der Waals surface area (Å²) in [4.78, 5) is 12.5. The third-order valence-electron chi connectivity index (χ3n) is 4.63. The van der Waals surface area contributed by atoms with Gasteiger partial charge in [-0.25, -0.2) is 0 Å². The lowest BCUT2D eigenvalue weighted by Crippen LogP contribution is -2.13. The fourth-order valence-corrected chi connectivity index (χ4v) is 2.96. The first-order valence-electron chi connectivity index (χ1n) is 8.85. The largest absolute Gasteiger partial charge is 0.508 e. The Balaban J connectivity index is 1.97. The highest BCUT2D eigenvalue weighted by molar-refractivity contribution is 6.10. The molecule has 0 fully saturated rings. The maximum Gasteiger partial charge on any atom is 0.266 e. The Labute approximate surface area is 158 Å². The molecule has 1 heterocycles. The Morgan fingerprint density at radius 1 is 1.26 bits per heavy atom. The number of phenols is 1. The molecule has 1 atom stereocenters. The fourth-order valence-electron chi connectivity index (χ4n) is 2.96. The first-order chi connectivity index (χ1) is 13.0. The number of hydrogen-bond acceptors (Lipinski definition) is 3. The summed E-state index contributed by atoms with van der Waals surface area (Å²) < 4.78 is 2.17. The van der Waals surface area contributed by atoms with E-state index in [0.717, 1.165) is 22.9 Å². The third kappa shape index (κ3) is 3.85. The van der Waals surface area contributed by atoms with E-state index in [-0.39, 0.29) is 11.3 Å². The molecule has 0 saturated heterocycles. The second-order valence-corrected chi connectivity index (χ2v) is 6.44. The highest BCUT2D eigenvalue weighted by Crippen LogP contribution is 2.27. The topological polar surface area (TPSA) is 78.0 Å². The highest BCUT2D eigenvalue weighted by atomic mass is 16.3. The summed E-state index contributed by atoms with van der Waals surface area (Å²) in [6.07, 6.45) is 4.59. The van der Waals surface area contributed by atoms with Gasteiger partial charge in [-0.2, -0.15) is 5.26 Å². The van der Waals surface area contributed by atoms with Crippen molar-refractivity contribution in [2.75, 3.05) is 5.32 Å². The summed E-state index contributed by atoms with van der Waals surface area (Å²) in [6.45, 7) is 4.27. The lowest BCUT2D eigenvalue weighted by molar-refractivity contribution is -0.112. The number of aromatic hydroxyl groups is 1. The number of carbonyl (C=O) groups is 1. The highest BCUT2D eigenvalue weighted by Gasteiger charge is 2.14. The Hall–Kier alpha value is -3.52. The van der Waals surface area contributed by atoms with Crippen molar-refractivity contribution in [3.63, 3.8) is 0 Å². The number of nitrogens with one attached hydrogen (secondary N) is 1. The quantitative estimate of drug-likeness (QED) is 0.388. The standard InChI is InChI=1S/C22H21N3O2/c1-3-15(2)25-14-17(20-6-4-5-7-21(20)25)12-16(13-23)22(27)24-18-8-10-19(26)11-9-18/h4-12,14-15,26H,3H2,1-2H3,(H,24,27)/b16-12-/t15-/m0/s1. The van der Waals surface area contributed by atoms with E-state index >= 15 is 0 Å². The predicted octanol–water partition coefficient (Wildman–Crippen LogP) is 4.86. The number of aromatic nitrogens is 1. The van der Waals surface area contributed by atoms with Crippen LogP contribution in [0.15, 0.2) is 60.3 Å². The van der Waals surface area contributed by atoms with Crippen molar-refractivity contribution in [2.24, 2.45) is 0 Å². The van der Waals surface area contributed by atoms with Crippen LogP contribution in [0.5, 0.6) is 5.75 Å². The van der Waals surface area contributed by atoms with Crippen LogP contribution in [-0.2, 0) is 4.79 Å². The molecule has 0 bridgehead atoms. The lowest BCUT2D eigenvalue weighted by atomic mass is 10.1. The van der Waals surface area contributed by atoms with Crippen molar-refractivity contribution in [1.29, 1.82) is 5.26 Å². The summed E-state index contributed by atoms with van der Waals surface area (Å²) in [5.74, 6) is -0.370. The van der Waals surface area contributed by atoms with Gasteiger partial charge in [0.2, 0.25) is 0 Å². The van der Waals surface area contributed by atoms with Crippen molar-refractivity contribution in [3.8, 4) is 11.8 Å². The van der Waals surface area contributed by atoms with Crippen LogP contribution in [-0.4, -0.2) is 15.6 Å². The van der Waals surface area contributed by atoms with Crippen molar-refractivity contribution in [2.45, 2.75) is 26.3 Å². The second kappa shape index (κ2) is 7.79. The molecule has 0 radical (unpaired) electrons. The van der Waals surface area contributed by atoms with Gasteiger partial charge in [-0.1, -0.05) is 25.1 Å². The van der Waals surface area contributed by atoms with E-state index in [4.69, 9.17) is 0 Å². The van der Waals surface area contributed by atoms with Crippen LogP contribution in [0.1, 0.15) is 31.9 Å². The van der Waals surface area contributed by atoms with Gasteiger partial charge in [0.05, 0.1) is 0 Å². The van der Waals surface area contributed by atoms with E-state index < -0.39 is 5.91 Å². The molecule has 0 spiro atoms. The zero-order valence-electron chi connectivity index (χ0n) is 15.3. The summed E-state index contributed by atoms with van der Waals surface area (Å²) in [5, 5.41) is 22.5. The number of rotatable bonds is 5. The van der Waals surface area contributed by atoms with Gasteiger partial charge in [0, 0.05) is 34.4 Å². The van der Waals surface area contributed by atoms with Crippen LogP contribution in [0.25, 0.3) is 17.0 Å². The lowest BCUT2D eigenvalue weighted by Gasteiger charge is -2.12. The van der Waals surface area contributed by atoms with E-state index in [1.807, 2.05) is 36.5 Å². The number of nitrogens with zero attached hydrogens (tertiary/aromatic N) is 2. The molecule has 1 amide bonds. The molecule has 2 N–H and O–H groups in total. The summed E-state index contributed by atoms with van der Waals surface area (Å²) in [5.41, 5.74) is 2.45. The van der Waals surface area contributed by atoms with Crippen LogP contribution >= 0.6 is 0 Å². The van der Waals surface area contributed by atoms with Crippen LogP contribution in [0, 0.1) is 11.3 Å². The Morgan fingerprint density at radius 2 is 1.96 bits per heavy atom. The molecule has 2 aromatic carbocycles. The van der Waals surface area contributed by atoms with Crippen molar-refractivity contribution in [1.82, 2.24) is 4.57 Å². The first kappa shape index (κ1) is 18.3. The van der Waals surface area contributed by atoms with E-state index in [1.165, 1.54) is 12.1 Å². The summed E-state index contributed by atoms with van der Waals surface area (Å²) in [6, 6.07) is 16.4. The average molecular weight is 359 g/mol. The molecule has 0 unspecified atom stereocenters. The molecule has 0 aliphatic carbocycles. The van der Waals surface area contributed by atoms with Gasteiger partial charge < -0.3 is 15.0 Å². The van der Waals surface area contributed by atoms with Gasteiger partial charge in [0.25, 0.3) is 5.91 Å². The summed E-state index contributed by atoms with van der Waals surface area (Å²) in [7, 11) is 0. The Bertz CT molecular complexity index is 1040. The smallest absolute Gasteiger partial charge is 0.266 e. The van der Waals surface area contributed by atoms with Crippen molar-refractivity contribution >= 4 is 28.6 Å². The molecule has 136 valence electrons. The van der Waals surface area contributed by atoms with Gasteiger partial charge >= 0.3 is 0 Å². The molecule has 0 saturated carbocycles. The van der Waals surface area contributed by atoms with Crippen molar-refractivity contribution < 1.29 is 9.90 Å². The molecule has 1 aromatic heterocycles. The van der Waals surface area contributed by atoms with Gasteiger partial charge in [0.15, 0.2) is 0 Å². The average Bonchev–Trinajstić information content (AvgIpc) is 3.05. The number of para-hydroxylation sites is 1. The van der Waals surface area contributed by atoms with E-state index in [2.05, 4.69) is 23.7 Å². The first-order valence-corrected chi connectivity index (χ1v) is 8.85. The Morgan fingerprint density at radius 3 is 2.63 bits per heavy atom. The molecule has 5 heteroatoms. The fraction of sp³-hybridized carbons (Fsp3) is 0.182. The predicted molar refractivity (Wildman–Crippen MR) is 107 cm³/mol. The molecule has 3 rings (SSSR count). The number of carbonyl (C=O) groups excluding carboxylic acids is 1. The van der Waals surface area contributed by atoms with Gasteiger partial charge in [-0.15, -0.1) is 0 Å². The Kier molecular flexibility index (Phi) is 5.28. The van der Waals surface area contributed by atoms with E-state index in [0.29, 0.717) is 11.7 Å². The van der Waals surface area contributed by atoms with Crippen molar-refractivity contribution in [3.05, 3.63) is 65.9 Å². The van der Waals surface area contributed by atoms with Gasteiger partial charge in [0.1, 0.15) is 17.4 Å². The van der Waals surface area contributed by atoms with E-state index in [9.17, 15) is 15.2 Å². The third-order valence-corrected chi connectivity index (χ3v) is 4.63. The SMILES string of the molecule is CC[C@H](C)n1cc(/C=C(/C#N)C(=O)Nc2ccc(O)cc2)c2ccccc21. The zero-order chi connectivity index (χ0) is 19.4. The number of amides is 1. The minimum Gasteiger partial charge on any atom is -0.508 e. The normalized spacial score (nSPS) is 12.6. The van der Waals surface area contributed by atoms with Crippen LogP contribution in [0.3, 0.4) is 0 Å². The molecular formula is C22H21N3O2. The van der Waals surface area contributed by atoms with E-state index in [1.54, 1.807) is 18.2 Å².